The number of aliphatic hydroxyl groups is 1. The number of nitrogens with one attached hydrogen (secondary N) is 1. The number of hydrogen-bond donors (Lipinski definition) is 3. The van der Waals surface area contributed by atoms with Crippen LogP contribution in [0.5, 0.6) is 5.75 Å². The van der Waals surface area contributed by atoms with E-state index in [9.17, 15) is 15.0 Å². The Morgan fingerprint density at radius 1 is 1.24 bits per heavy atom. The molecule has 21 heavy (non-hydrogen) atoms. The minimum atomic E-state index is -1.27. The number of amides is 1. The molecule has 0 aliphatic carbocycles. The van der Waals surface area contributed by atoms with Gasteiger partial charge in [-0.1, -0.05) is 30.3 Å². The lowest BCUT2D eigenvalue weighted by Crippen LogP contribution is -2.25. The Morgan fingerprint density at radius 2 is 1.95 bits per heavy atom. The maximum atomic E-state index is 11.7. The molecule has 0 aliphatic heterocycles. The molecule has 0 aliphatic rings. The molecule has 3 N–H and O–H groups in total. The van der Waals surface area contributed by atoms with Crippen LogP contribution >= 0.6 is 15.9 Å². The quantitative estimate of drug-likeness (QED) is 0.585. The van der Waals surface area contributed by atoms with Crippen LogP contribution in [0.25, 0.3) is 0 Å². The van der Waals surface area contributed by atoms with Crippen LogP contribution in [0, 0.1) is 0 Å². The number of hydrogen-bond acceptors (Lipinski definition) is 4. The van der Waals surface area contributed by atoms with E-state index < -0.39 is 12.0 Å². The van der Waals surface area contributed by atoms with Gasteiger partial charge < -0.3 is 10.2 Å². The summed E-state index contributed by atoms with van der Waals surface area (Å²) in [5, 5.41) is 23.0. The van der Waals surface area contributed by atoms with E-state index in [1.807, 2.05) is 0 Å². The Kier molecular flexibility index (Phi) is 5.08. The number of phenols is 1. The molecular weight excluding hydrogens is 336 g/mol. The molecule has 6 heteroatoms. The Bertz CT molecular complexity index is 659. The lowest BCUT2D eigenvalue weighted by molar-refractivity contribution is -0.129. The number of rotatable bonds is 4. The van der Waals surface area contributed by atoms with Crippen molar-refractivity contribution in [1.82, 2.24) is 5.43 Å². The summed E-state index contributed by atoms with van der Waals surface area (Å²) in [4.78, 5) is 11.7. The van der Waals surface area contributed by atoms with Crippen LogP contribution < -0.4 is 5.43 Å². The van der Waals surface area contributed by atoms with Crippen LogP contribution in [-0.4, -0.2) is 22.3 Å². The second-order valence-electron chi connectivity index (χ2n) is 4.26. The molecule has 0 heterocycles. The van der Waals surface area contributed by atoms with Crippen molar-refractivity contribution in [3.05, 3.63) is 64.1 Å². The highest BCUT2D eigenvalue weighted by Crippen LogP contribution is 2.23. The summed E-state index contributed by atoms with van der Waals surface area (Å²) < 4.78 is 0.530. The van der Waals surface area contributed by atoms with Crippen LogP contribution in [0.15, 0.2) is 58.1 Å². The van der Waals surface area contributed by atoms with Crippen LogP contribution in [0.3, 0.4) is 0 Å². The zero-order valence-electron chi connectivity index (χ0n) is 10.9. The van der Waals surface area contributed by atoms with E-state index in [2.05, 4.69) is 26.5 Å². The van der Waals surface area contributed by atoms with Crippen molar-refractivity contribution in [2.24, 2.45) is 5.10 Å². The summed E-state index contributed by atoms with van der Waals surface area (Å²) in [7, 11) is 0. The maximum absolute atomic E-state index is 11.7. The lowest BCUT2D eigenvalue weighted by atomic mass is 10.1. The van der Waals surface area contributed by atoms with Gasteiger partial charge in [0.2, 0.25) is 0 Å². The van der Waals surface area contributed by atoms with Gasteiger partial charge in [-0.2, -0.15) is 5.10 Å². The van der Waals surface area contributed by atoms with Crippen molar-refractivity contribution in [2.75, 3.05) is 0 Å². The average Bonchev–Trinajstić information content (AvgIpc) is 2.51. The Labute approximate surface area is 130 Å². The molecule has 0 bridgehead atoms. The van der Waals surface area contributed by atoms with Crippen LogP contribution in [0.4, 0.5) is 0 Å². The van der Waals surface area contributed by atoms with E-state index in [1.54, 1.807) is 42.5 Å². The van der Waals surface area contributed by atoms with E-state index in [4.69, 9.17) is 0 Å². The molecule has 1 atom stereocenters. The third-order valence-corrected chi connectivity index (χ3v) is 3.36. The summed E-state index contributed by atoms with van der Waals surface area (Å²) in [6.07, 6.45) is 0.148. The first kappa shape index (κ1) is 15.2. The van der Waals surface area contributed by atoms with E-state index in [1.165, 1.54) is 12.3 Å². The van der Waals surface area contributed by atoms with Crippen LogP contribution in [0.2, 0.25) is 0 Å². The second-order valence-corrected chi connectivity index (χ2v) is 5.11. The number of aromatic hydroxyl groups is 1. The predicted molar refractivity (Wildman–Crippen MR) is 82.9 cm³/mol. The highest BCUT2D eigenvalue weighted by molar-refractivity contribution is 9.10. The Hall–Kier alpha value is -2.18. The molecule has 5 nitrogen and oxygen atoms in total. The maximum Gasteiger partial charge on any atom is 0.273 e. The standard InChI is InChI=1S/C15H13BrN2O3/c16-12-8-10(6-7-13(12)19)9-17-18-15(21)14(20)11-4-2-1-3-5-11/h1-9,14,19-20H,(H,18,21)/b17-9+. The van der Waals surface area contributed by atoms with Gasteiger partial charge in [0.25, 0.3) is 5.91 Å². The summed E-state index contributed by atoms with van der Waals surface area (Å²) in [5.74, 6) is -0.494. The van der Waals surface area contributed by atoms with Crippen molar-refractivity contribution >= 4 is 28.1 Å². The monoisotopic (exact) mass is 348 g/mol. The summed E-state index contributed by atoms with van der Waals surface area (Å²) in [6.45, 7) is 0. The number of hydrazone groups is 1. The van der Waals surface area contributed by atoms with Gasteiger partial charge in [0.05, 0.1) is 10.7 Å². The fourth-order valence-corrected chi connectivity index (χ4v) is 2.02. The normalized spacial score (nSPS) is 12.3. The summed E-state index contributed by atoms with van der Waals surface area (Å²) >= 11 is 3.18. The van der Waals surface area contributed by atoms with E-state index in [-0.39, 0.29) is 5.75 Å². The molecule has 0 aromatic heterocycles. The first-order valence-electron chi connectivity index (χ1n) is 6.12. The highest BCUT2D eigenvalue weighted by atomic mass is 79.9. The second kappa shape index (κ2) is 7.01. The van der Waals surface area contributed by atoms with Gasteiger partial charge in [-0.25, -0.2) is 5.43 Å². The molecule has 1 unspecified atom stereocenters. The molecule has 1 amide bonds. The largest absolute Gasteiger partial charge is 0.507 e. The molecule has 0 spiro atoms. The number of benzene rings is 2. The van der Waals surface area contributed by atoms with Gasteiger partial charge in [0.15, 0.2) is 6.10 Å². The number of carbonyl (C=O) groups is 1. The number of halogens is 1. The molecule has 2 rings (SSSR count). The van der Waals surface area contributed by atoms with Gasteiger partial charge in [0, 0.05) is 0 Å². The van der Waals surface area contributed by atoms with Gasteiger partial charge in [-0.15, -0.1) is 0 Å². The van der Waals surface area contributed by atoms with Crippen molar-refractivity contribution in [3.63, 3.8) is 0 Å². The molecule has 2 aromatic carbocycles. The zero-order valence-corrected chi connectivity index (χ0v) is 12.5. The smallest absolute Gasteiger partial charge is 0.273 e. The third-order valence-electron chi connectivity index (χ3n) is 2.72. The predicted octanol–water partition coefficient (Wildman–Crippen LogP) is 2.34. The average molecular weight is 349 g/mol. The van der Waals surface area contributed by atoms with Crippen molar-refractivity contribution in [2.45, 2.75) is 6.10 Å². The first-order valence-corrected chi connectivity index (χ1v) is 6.91. The van der Waals surface area contributed by atoms with Crippen LogP contribution in [0.1, 0.15) is 17.2 Å². The topological polar surface area (TPSA) is 81.9 Å². The Morgan fingerprint density at radius 3 is 2.62 bits per heavy atom. The number of aliphatic hydroxyl groups excluding tert-OH is 1. The van der Waals surface area contributed by atoms with Crippen molar-refractivity contribution < 1.29 is 15.0 Å². The molecule has 2 aromatic rings. The van der Waals surface area contributed by atoms with Crippen molar-refractivity contribution in [3.8, 4) is 5.75 Å². The number of carbonyl (C=O) groups excluding carboxylic acids is 1. The number of phenolic OH excluding ortho intramolecular Hbond substituents is 1. The fraction of sp³-hybridized carbons (Fsp3) is 0.0667. The first-order chi connectivity index (χ1) is 10.1. The SMILES string of the molecule is O=C(N/N=C/c1ccc(O)c(Br)c1)C(O)c1ccccc1. The lowest BCUT2D eigenvalue weighted by Gasteiger charge is -2.08. The molecule has 0 saturated carbocycles. The van der Waals surface area contributed by atoms with Gasteiger partial charge in [0.1, 0.15) is 5.75 Å². The zero-order chi connectivity index (χ0) is 15.2. The molecular formula is C15H13BrN2O3. The van der Waals surface area contributed by atoms with E-state index in [0.717, 1.165) is 0 Å². The molecule has 0 fully saturated rings. The van der Waals surface area contributed by atoms with E-state index >= 15 is 0 Å². The van der Waals surface area contributed by atoms with Gasteiger partial charge in [-0.05, 0) is 45.3 Å². The molecule has 108 valence electrons. The number of nitrogens with zero attached hydrogens (tertiary/aromatic N) is 1. The van der Waals surface area contributed by atoms with Gasteiger partial charge >= 0.3 is 0 Å². The summed E-state index contributed by atoms with van der Waals surface area (Å²) in [6, 6.07) is 13.4. The van der Waals surface area contributed by atoms with Crippen LogP contribution in [-0.2, 0) is 4.79 Å². The minimum Gasteiger partial charge on any atom is -0.507 e. The minimum absolute atomic E-state index is 0.121. The van der Waals surface area contributed by atoms with Gasteiger partial charge in [-0.3, -0.25) is 4.79 Å². The Balaban J connectivity index is 1.97. The van der Waals surface area contributed by atoms with Crippen molar-refractivity contribution in [1.29, 1.82) is 0 Å². The molecule has 0 radical (unpaired) electrons. The fourth-order valence-electron chi connectivity index (χ4n) is 1.62. The van der Waals surface area contributed by atoms with E-state index in [0.29, 0.717) is 15.6 Å². The summed E-state index contributed by atoms with van der Waals surface area (Å²) in [5.41, 5.74) is 3.45. The third kappa shape index (κ3) is 4.14. The molecule has 0 saturated heterocycles. The highest BCUT2D eigenvalue weighted by Gasteiger charge is 2.15.